The average molecular weight is 344 g/mol. The van der Waals surface area contributed by atoms with E-state index in [2.05, 4.69) is 6.07 Å². The Labute approximate surface area is 138 Å². The Morgan fingerprint density at radius 2 is 1.43 bits per heavy atom. The van der Waals surface area contributed by atoms with Gasteiger partial charge in [0.1, 0.15) is 4.24 Å². The summed E-state index contributed by atoms with van der Waals surface area (Å²) in [5.41, 5.74) is 0.786. The summed E-state index contributed by atoms with van der Waals surface area (Å²) in [6.45, 7) is 0. The maximum absolute atomic E-state index is 12.0. The Morgan fingerprint density at radius 1 is 0.957 bits per heavy atom. The van der Waals surface area contributed by atoms with E-state index >= 15 is 0 Å². The molecule has 3 aromatic rings. The fourth-order valence-corrected chi connectivity index (χ4v) is 5.05. The molecule has 0 aromatic heterocycles. The van der Waals surface area contributed by atoms with Crippen molar-refractivity contribution < 1.29 is 12.6 Å². The van der Waals surface area contributed by atoms with Crippen molar-refractivity contribution in [2.24, 2.45) is 0 Å². The van der Waals surface area contributed by atoms with E-state index in [4.69, 9.17) is 0 Å². The molecule has 0 N–H and O–H groups in total. The fraction of sp³-hybridized carbons (Fsp3) is 0.111. The van der Waals surface area contributed by atoms with Crippen LogP contribution in [0.3, 0.4) is 0 Å². The second kappa shape index (κ2) is 5.91. The standard InChI is InChI=1S/C18H16O3S2/c1-22(19)18(23(2,20)21)12-17-15-9-5-3-7-13(15)11-14-8-4-6-10-16(14)17/h3-12H,1-2H3/b18-12-. The summed E-state index contributed by atoms with van der Waals surface area (Å²) in [6, 6.07) is 17.7. The number of fused-ring (bicyclic) bond motifs is 2. The molecule has 23 heavy (non-hydrogen) atoms. The van der Waals surface area contributed by atoms with Crippen molar-refractivity contribution in [2.75, 3.05) is 12.5 Å². The smallest absolute Gasteiger partial charge is 0.183 e. The summed E-state index contributed by atoms with van der Waals surface area (Å²) in [5, 5.41) is 3.93. The lowest BCUT2D eigenvalue weighted by atomic mass is 9.97. The predicted octanol–water partition coefficient (Wildman–Crippen LogP) is 3.71. The van der Waals surface area contributed by atoms with Crippen molar-refractivity contribution in [2.45, 2.75) is 0 Å². The predicted molar refractivity (Wildman–Crippen MR) is 98.3 cm³/mol. The van der Waals surface area contributed by atoms with E-state index in [1.165, 1.54) is 6.26 Å². The highest BCUT2D eigenvalue weighted by Gasteiger charge is 2.17. The van der Waals surface area contributed by atoms with Gasteiger partial charge in [0.15, 0.2) is 9.84 Å². The highest BCUT2D eigenvalue weighted by atomic mass is 32.3. The summed E-state index contributed by atoms with van der Waals surface area (Å²) in [5.74, 6) is 0. The minimum absolute atomic E-state index is 0.0565. The number of sulfone groups is 1. The molecular weight excluding hydrogens is 328 g/mol. The first kappa shape index (κ1) is 15.9. The van der Waals surface area contributed by atoms with E-state index in [0.717, 1.165) is 33.4 Å². The van der Waals surface area contributed by atoms with E-state index in [0.29, 0.717) is 0 Å². The molecule has 0 heterocycles. The van der Waals surface area contributed by atoms with Gasteiger partial charge in [0.05, 0.1) is 10.8 Å². The van der Waals surface area contributed by atoms with Gasteiger partial charge in [-0.15, -0.1) is 0 Å². The van der Waals surface area contributed by atoms with Crippen molar-refractivity contribution in [3.63, 3.8) is 0 Å². The first-order valence-corrected chi connectivity index (χ1v) is 10.5. The lowest BCUT2D eigenvalue weighted by Crippen LogP contribution is -2.05. The van der Waals surface area contributed by atoms with Crippen LogP contribution in [0.2, 0.25) is 0 Å². The van der Waals surface area contributed by atoms with Gasteiger partial charge in [0, 0.05) is 12.5 Å². The van der Waals surface area contributed by atoms with Crippen LogP contribution in [0.4, 0.5) is 0 Å². The van der Waals surface area contributed by atoms with Crippen LogP contribution >= 0.6 is 0 Å². The Balaban J connectivity index is 2.49. The highest BCUT2D eigenvalue weighted by Crippen LogP contribution is 2.31. The van der Waals surface area contributed by atoms with Gasteiger partial charge in [-0.1, -0.05) is 48.5 Å². The van der Waals surface area contributed by atoms with Crippen LogP contribution in [0.15, 0.2) is 58.8 Å². The molecule has 0 spiro atoms. The lowest BCUT2D eigenvalue weighted by Gasteiger charge is -2.10. The Morgan fingerprint density at radius 3 is 1.87 bits per heavy atom. The maximum Gasteiger partial charge on any atom is 0.183 e. The molecule has 0 aliphatic heterocycles. The quantitative estimate of drug-likeness (QED) is 0.681. The van der Waals surface area contributed by atoms with E-state index < -0.39 is 20.6 Å². The first-order chi connectivity index (χ1) is 10.9. The SMILES string of the molecule is CS(=O)/C(=C/c1c2ccccc2cc2ccccc12)S(C)(=O)=O. The topological polar surface area (TPSA) is 51.2 Å². The minimum atomic E-state index is -3.54. The second-order valence-electron chi connectivity index (χ2n) is 5.42. The molecule has 118 valence electrons. The lowest BCUT2D eigenvalue weighted by molar-refractivity contribution is 0.609. The van der Waals surface area contributed by atoms with Crippen LogP contribution in [-0.2, 0) is 20.6 Å². The monoisotopic (exact) mass is 344 g/mol. The van der Waals surface area contributed by atoms with Crippen molar-refractivity contribution >= 4 is 48.3 Å². The van der Waals surface area contributed by atoms with Crippen molar-refractivity contribution in [3.8, 4) is 0 Å². The van der Waals surface area contributed by atoms with Crippen LogP contribution in [0.5, 0.6) is 0 Å². The number of hydrogen-bond acceptors (Lipinski definition) is 3. The maximum atomic E-state index is 12.0. The third kappa shape index (κ3) is 3.07. The Kier molecular flexibility index (Phi) is 4.08. The largest absolute Gasteiger partial charge is 0.254 e. The third-order valence-electron chi connectivity index (χ3n) is 3.72. The Hall–Kier alpha value is -1.98. The summed E-state index contributed by atoms with van der Waals surface area (Å²) in [4.78, 5) is 0. The summed E-state index contributed by atoms with van der Waals surface area (Å²) in [6.07, 6.45) is 4.03. The normalized spacial score (nSPS) is 14.3. The summed E-state index contributed by atoms with van der Waals surface area (Å²) >= 11 is 0. The van der Waals surface area contributed by atoms with Crippen LogP contribution in [0.1, 0.15) is 5.56 Å². The minimum Gasteiger partial charge on any atom is -0.254 e. The molecule has 1 unspecified atom stereocenters. The van der Waals surface area contributed by atoms with Crippen molar-refractivity contribution in [3.05, 3.63) is 64.4 Å². The molecule has 0 bridgehead atoms. The zero-order chi connectivity index (χ0) is 16.6. The van der Waals surface area contributed by atoms with Crippen molar-refractivity contribution in [1.29, 1.82) is 0 Å². The van der Waals surface area contributed by atoms with E-state index in [-0.39, 0.29) is 4.24 Å². The van der Waals surface area contributed by atoms with Crippen LogP contribution < -0.4 is 0 Å². The van der Waals surface area contributed by atoms with Crippen LogP contribution in [-0.4, -0.2) is 25.1 Å². The zero-order valence-electron chi connectivity index (χ0n) is 12.8. The van der Waals surface area contributed by atoms with E-state index in [1.54, 1.807) is 6.08 Å². The van der Waals surface area contributed by atoms with Gasteiger partial charge in [-0.3, -0.25) is 4.21 Å². The summed E-state index contributed by atoms with van der Waals surface area (Å²) in [7, 11) is -5.12. The average Bonchev–Trinajstić information content (AvgIpc) is 2.49. The number of hydrogen-bond donors (Lipinski definition) is 0. The highest BCUT2D eigenvalue weighted by molar-refractivity contribution is 8.11. The molecule has 1 atom stereocenters. The molecule has 3 nitrogen and oxygen atoms in total. The molecule has 0 fully saturated rings. The summed E-state index contributed by atoms with van der Waals surface area (Å²) < 4.78 is 35.9. The van der Waals surface area contributed by atoms with Gasteiger partial charge in [-0.25, -0.2) is 8.42 Å². The third-order valence-corrected chi connectivity index (χ3v) is 6.87. The molecule has 0 radical (unpaired) electrons. The molecule has 3 aromatic carbocycles. The molecule has 0 amide bonds. The van der Waals surface area contributed by atoms with Gasteiger partial charge < -0.3 is 0 Å². The van der Waals surface area contributed by atoms with E-state index in [9.17, 15) is 12.6 Å². The van der Waals surface area contributed by atoms with Gasteiger partial charge in [0.2, 0.25) is 0 Å². The first-order valence-electron chi connectivity index (χ1n) is 7.03. The number of rotatable bonds is 3. The van der Waals surface area contributed by atoms with Gasteiger partial charge >= 0.3 is 0 Å². The molecule has 5 heteroatoms. The fourth-order valence-electron chi connectivity index (χ4n) is 2.73. The molecular formula is C18H16O3S2. The van der Waals surface area contributed by atoms with Crippen LogP contribution in [0, 0.1) is 0 Å². The van der Waals surface area contributed by atoms with Gasteiger partial charge in [0.25, 0.3) is 0 Å². The van der Waals surface area contributed by atoms with Gasteiger partial charge in [-0.2, -0.15) is 0 Å². The van der Waals surface area contributed by atoms with Crippen LogP contribution in [0.25, 0.3) is 27.6 Å². The van der Waals surface area contributed by atoms with Gasteiger partial charge in [-0.05, 0) is 39.3 Å². The number of benzene rings is 3. The Bertz CT molecular complexity index is 1010. The molecule has 3 rings (SSSR count). The van der Waals surface area contributed by atoms with E-state index in [1.807, 2.05) is 48.5 Å². The second-order valence-corrected chi connectivity index (χ2v) is 9.01. The zero-order valence-corrected chi connectivity index (χ0v) is 14.4. The van der Waals surface area contributed by atoms with Crippen molar-refractivity contribution in [1.82, 2.24) is 0 Å². The molecule has 0 aliphatic rings. The molecule has 0 aliphatic carbocycles. The molecule has 0 saturated carbocycles. The molecule has 0 saturated heterocycles.